The Balaban J connectivity index is 2.37. The third-order valence-electron chi connectivity index (χ3n) is 14.8. The minimum atomic E-state index is -3.87. The van der Waals surface area contributed by atoms with Crippen molar-refractivity contribution < 1.29 is 26.4 Å². The summed E-state index contributed by atoms with van der Waals surface area (Å²) in [5.41, 5.74) is -0.624. The van der Waals surface area contributed by atoms with Gasteiger partial charge in [0.25, 0.3) is 0 Å². The Morgan fingerprint density at radius 3 is 1.71 bits per heavy atom. The summed E-state index contributed by atoms with van der Waals surface area (Å²) in [6.07, 6.45) is 6.82. The van der Waals surface area contributed by atoms with E-state index in [9.17, 15) is 4.79 Å². The molecule has 8 heteroatoms. The van der Waals surface area contributed by atoms with Crippen LogP contribution in [0.15, 0.2) is 30.3 Å². The number of hydrogen-bond donors (Lipinski definition) is 0. The van der Waals surface area contributed by atoms with Gasteiger partial charge in [-0.05, 0) is 126 Å². The van der Waals surface area contributed by atoms with Crippen molar-refractivity contribution in [2.75, 3.05) is 0 Å². The fourth-order valence-electron chi connectivity index (χ4n) is 11.0. The van der Waals surface area contributed by atoms with Crippen LogP contribution in [0.25, 0.3) is 0 Å². The molecule has 2 aliphatic rings. The minimum Gasteiger partial charge on any atom is -0.460 e. The first kappa shape index (κ1) is 44.0. The van der Waals surface area contributed by atoms with Crippen LogP contribution in [0, 0.1) is 34.5 Å². The van der Waals surface area contributed by atoms with Gasteiger partial charge in [0.2, 0.25) is 0 Å². The Morgan fingerprint density at radius 2 is 1.27 bits per heavy atom. The summed E-state index contributed by atoms with van der Waals surface area (Å²) < 4.78 is 66.5. The molecule has 6 nitrogen and oxygen atoms in total. The molecule has 6 atom stereocenters. The number of ether oxygens (including phenoxy) is 1. The average Bonchev–Trinajstić information content (AvgIpc) is 3.70. The average molecular weight is 751 g/mol. The molecule has 1 aromatic carbocycles. The summed E-state index contributed by atoms with van der Waals surface area (Å²) in [6, 6.07) is 10.0. The van der Waals surface area contributed by atoms with Crippen molar-refractivity contribution in [3.8, 4) is 0 Å². The molecule has 0 heterocycles. The van der Waals surface area contributed by atoms with E-state index in [4.69, 9.17) is 4.74 Å². The molecule has 0 aliphatic heterocycles. The van der Waals surface area contributed by atoms with Crippen LogP contribution in [0.4, 0.5) is 0 Å². The van der Waals surface area contributed by atoms with Gasteiger partial charge < -0.3 is 4.74 Å². The molecule has 2 saturated carbocycles. The van der Waals surface area contributed by atoms with E-state index in [2.05, 4.69) is 34.6 Å². The maximum Gasteiger partial charge on any atom is 0.309 e. The highest BCUT2D eigenvalue weighted by molar-refractivity contribution is 7.93. The second kappa shape index (κ2) is 16.1. The van der Waals surface area contributed by atoms with Gasteiger partial charge >= 0.3 is 5.97 Å². The molecule has 0 amide bonds. The summed E-state index contributed by atoms with van der Waals surface area (Å²) in [7, 11) is -7.69. The van der Waals surface area contributed by atoms with Crippen LogP contribution in [0.3, 0.4) is 0 Å². The number of rotatable bonds is 19. The summed E-state index contributed by atoms with van der Waals surface area (Å²) in [6.45, 7) is 26.1. The SMILES string of the molecule is CCC(C)(CC)CC(Cc1ccccc1)S(=O)(=O)C(CC)(CC)C(CC)(CC)C1C2CC(C(=O)OC(C)(C)C)C(C2)C1S(=O)(=O)C(C)(CC)CC. The Labute approximate surface area is 313 Å². The van der Waals surface area contributed by atoms with Crippen LogP contribution in [-0.4, -0.2) is 48.4 Å². The van der Waals surface area contributed by atoms with Crippen molar-refractivity contribution in [3.05, 3.63) is 35.9 Å². The predicted molar refractivity (Wildman–Crippen MR) is 213 cm³/mol. The molecule has 0 radical (unpaired) electrons. The van der Waals surface area contributed by atoms with Crippen LogP contribution in [-0.2, 0) is 35.6 Å². The zero-order chi connectivity index (χ0) is 38.8. The molecule has 2 aliphatic carbocycles. The summed E-state index contributed by atoms with van der Waals surface area (Å²) in [4.78, 5) is 13.8. The molecule has 294 valence electrons. The summed E-state index contributed by atoms with van der Waals surface area (Å²) >= 11 is 0. The molecule has 6 unspecified atom stereocenters. The van der Waals surface area contributed by atoms with E-state index in [1.807, 2.05) is 85.7 Å². The first-order valence-electron chi connectivity index (χ1n) is 20.4. The van der Waals surface area contributed by atoms with Crippen molar-refractivity contribution in [1.82, 2.24) is 0 Å². The van der Waals surface area contributed by atoms with Crippen molar-refractivity contribution in [1.29, 1.82) is 0 Å². The van der Waals surface area contributed by atoms with Crippen molar-refractivity contribution in [2.45, 2.75) is 193 Å². The van der Waals surface area contributed by atoms with Gasteiger partial charge in [0.1, 0.15) is 5.60 Å². The second-order valence-electron chi connectivity index (χ2n) is 17.9. The molecule has 2 bridgehead atoms. The standard InChI is InChI=1S/C43H74O6S2/c1-14-40(12,15-2)30-33(27-31-25-23-22-24-26-31)50(45,46)43(20-7,21-8)42(18-5,19-6)36-32-28-34(35(29-32)38(44)49-39(9,10)11)37(36)51(47,48)41(13,16-3)17-4/h22-26,32-37H,14-21,27-30H2,1-13H3. The lowest BCUT2D eigenvalue weighted by Gasteiger charge is -2.58. The quantitative estimate of drug-likeness (QED) is 0.131. The third kappa shape index (κ3) is 7.63. The Bertz CT molecular complexity index is 1510. The first-order valence-corrected chi connectivity index (χ1v) is 23.5. The van der Waals surface area contributed by atoms with Gasteiger partial charge in [-0.2, -0.15) is 0 Å². The number of carbonyl (C=O) groups is 1. The number of benzene rings is 1. The maximum atomic E-state index is 16.0. The molecule has 0 spiro atoms. The van der Waals surface area contributed by atoms with Gasteiger partial charge in [0.05, 0.1) is 25.9 Å². The molecule has 3 rings (SSSR count). The first-order chi connectivity index (χ1) is 23.6. The predicted octanol–water partition coefficient (Wildman–Crippen LogP) is 10.6. The molecule has 2 fully saturated rings. The minimum absolute atomic E-state index is 0.0815. The monoisotopic (exact) mass is 750 g/mol. The zero-order valence-electron chi connectivity index (χ0n) is 34.6. The summed E-state index contributed by atoms with van der Waals surface area (Å²) in [5.74, 6) is -1.68. The van der Waals surface area contributed by atoms with E-state index in [1.54, 1.807) is 0 Å². The highest BCUT2D eigenvalue weighted by atomic mass is 32.2. The molecular weight excluding hydrogens is 677 g/mol. The lowest BCUT2D eigenvalue weighted by Crippen LogP contribution is -2.64. The van der Waals surface area contributed by atoms with Crippen LogP contribution < -0.4 is 0 Å². The number of hydrogen-bond acceptors (Lipinski definition) is 6. The van der Waals surface area contributed by atoms with Crippen LogP contribution in [0.5, 0.6) is 0 Å². The highest BCUT2D eigenvalue weighted by Gasteiger charge is 2.71. The molecule has 51 heavy (non-hydrogen) atoms. The van der Waals surface area contributed by atoms with Crippen molar-refractivity contribution in [2.24, 2.45) is 34.5 Å². The van der Waals surface area contributed by atoms with Crippen molar-refractivity contribution >= 4 is 25.6 Å². The van der Waals surface area contributed by atoms with Gasteiger partial charge in [-0.1, -0.05) is 105 Å². The van der Waals surface area contributed by atoms with Crippen molar-refractivity contribution in [3.63, 3.8) is 0 Å². The van der Waals surface area contributed by atoms with Crippen LogP contribution in [0.2, 0.25) is 0 Å². The fourth-order valence-corrected chi connectivity index (χ4v) is 17.6. The lowest BCUT2D eigenvalue weighted by atomic mass is 9.56. The van der Waals surface area contributed by atoms with Gasteiger partial charge in [-0.3, -0.25) is 4.79 Å². The molecule has 0 saturated heterocycles. The maximum absolute atomic E-state index is 16.0. The topological polar surface area (TPSA) is 94.6 Å². The zero-order valence-corrected chi connectivity index (χ0v) is 36.2. The van der Waals surface area contributed by atoms with Crippen LogP contribution in [0.1, 0.15) is 166 Å². The smallest absolute Gasteiger partial charge is 0.309 e. The molecule has 0 N–H and O–H groups in total. The summed E-state index contributed by atoms with van der Waals surface area (Å²) in [5, 5.41) is -1.42. The molecule has 1 aromatic rings. The van der Waals surface area contributed by atoms with E-state index in [0.29, 0.717) is 64.2 Å². The van der Waals surface area contributed by atoms with Gasteiger partial charge in [0, 0.05) is 0 Å². The molecular formula is C43H74O6S2. The number of sulfone groups is 2. The van der Waals surface area contributed by atoms with E-state index in [1.165, 1.54) is 0 Å². The van der Waals surface area contributed by atoms with Gasteiger partial charge in [-0.25, -0.2) is 16.8 Å². The van der Waals surface area contributed by atoms with Crippen LogP contribution >= 0.6 is 0 Å². The number of esters is 1. The third-order valence-corrected chi connectivity index (χ3v) is 21.4. The van der Waals surface area contributed by atoms with E-state index in [-0.39, 0.29) is 23.2 Å². The number of fused-ring (bicyclic) bond motifs is 2. The Hall–Kier alpha value is -1.41. The Kier molecular flexibility index (Phi) is 13.9. The highest BCUT2D eigenvalue weighted by Crippen LogP contribution is 2.67. The van der Waals surface area contributed by atoms with Gasteiger partial charge in [-0.15, -0.1) is 0 Å². The second-order valence-corrected chi connectivity index (χ2v) is 23.0. The Morgan fingerprint density at radius 1 is 0.745 bits per heavy atom. The van der Waals surface area contributed by atoms with Gasteiger partial charge in [0.15, 0.2) is 19.7 Å². The van der Waals surface area contributed by atoms with E-state index < -0.39 is 62.5 Å². The van der Waals surface area contributed by atoms with E-state index >= 15 is 16.8 Å². The largest absolute Gasteiger partial charge is 0.460 e. The fraction of sp³-hybridized carbons (Fsp3) is 0.837. The lowest BCUT2D eigenvalue weighted by molar-refractivity contribution is -0.162. The van der Waals surface area contributed by atoms with E-state index in [0.717, 1.165) is 18.4 Å². The normalized spacial score (nSPS) is 24.1. The number of carbonyl (C=O) groups excluding carboxylic acids is 1. The molecule has 0 aromatic heterocycles.